The van der Waals surface area contributed by atoms with Crippen LogP contribution in [0.2, 0.25) is 0 Å². The number of rotatable bonds is 14. The van der Waals surface area contributed by atoms with Crippen molar-refractivity contribution in [1.82, 2.24) is 0 Å². The van der Waals surface area contributed by atoms with Gasteiger partial charge in [-0.2, -0.15) is 18.3 Å². The fourth-order valence-corrected chi connectivity index (χ4v) is 6.81. The molecule has 54 heavy (non-hydrogen) atoms. The van der Waals surface area contributed by atoms with E-state index in [1.807, 2.05) is 48.5 Å². The number of halogens is 5. The van der Waals surface area contributed by atoms with Crippen LogP contribution in [0.5, 0.6) is 0 Å². The zero-order chi connectivity index (χ0) is 46.3. The molecule has 25 heteroatoms. The van der Waals surface area contributed by atoms with E-state index in [2.05, 4.69) is 37.9 Å². The van der Waals surface area contributed by atoms with Crippen LogP contribution in [0.4, 0.5) is 17.3 Å². The van der Waals surface area contributed by atoms with Gasteiger partial charge in [0.05, 0.1) is 50.9 Å². The van der Waals surface area contributed by atoms with Gasteiger partial charge in [-0.05, 0) is 73.1 Å². The zero-order valence-corrected chi connectivity index (χ0v) is 43.2. The Morgan fingerprint density at radius 2 is 0.981 bits per heavy atom. The minimum absolute atomic E-state index is 0. The first-order chi connectivity index (χ1) is 24.2. The van der Waals surface area contributed by atoms with E-state index in [4.69, 9.17) is 32.9 Å². The van der Waals surface area contributed by atoms with E-state index in [1.54, 1.807) is 55.4 Å². The maximum absolute atomic E-state index is 12.5. The first-order valence-electron chi connectivity index (χ1n) is 17.1. The summed E-state index contributed by atoms with van der Waals surface area (Å²) in [5.41, 5.74) is -0.242. The summed E-state index contributed by atoms with van der Waals surface area (Å²) in [6.07, 6.45) is -1.20. The molecule has 0 radical (unpaired) electrons. The Morgan fingerprint density at radius 3 is 1.15 bits per heavy atom. The standard InChI is InChI=1S/C8H16NO2P.C7H16FO2P.C5H12FO3P.C4H10ClO3P.C4H10FO2P.CH5P.FH.H3P/c1-7(8(2,3)4)11-12(6,10)9-5;1-6(7(2,3)4)10-11(5,8)9;1-4-8-10(6,7)9-5(2)3;1-3-7-9(5,6)8-4-2;1-4(2)7-8(3,5)6;1-2;;/h7H,1-4,6H3;6H,1-5H3;5H,4H2,1-3H3;3-4H2,1-2H3;4H,1-3H3;2H2,1H3;1H;1H3/t7?,12-;6?,11-;10-;;8-;;;/m001.0.../s1/i;;;;;1D;;/hD. The maximum Gasteiger partial charge on any atom is 0.528 e. The largest absolute Gasteiger partial charge is 0.528 e. The summed E-state index contributed by atoms with van der Waals surface area (Å²) in [4.78, 5) is 0. The third-order valence-electron chi connectivity index (χ3n) is 4.91. The van der Waals surface area contributed by atoms with Gasteiger partial charge in [-0.3, -0.25) is 36.5 Å². The molecule has 0 aromatic rings. The van der Waals surface area contributed by atoms with Gasteiger partial charge in [-0.25, -0.2) is 24.9 Å². The van der Waals surface area contributed by atoms with Gasteiger partial charge in [0.1, 0.15) is 0 Å². The van der Waals surface area contributed by atoms with E-state index in [0.29, 0.717) is 19.9 Å². The van der Waals surface area contributed by atoms with Crippen LogP contribution in [0.25, 0.3) is 4.62 Å². The van der Waals surface area contributed by atoms with Crippen molar-refractivity contribution >= 4 is 68.1 Å². The molecule has 0 amide bonds. The van der Waals surface area contributed by atoms with Gasteiger partial charge in [0.2, 0.25) is 0 Å². The van der Waals surface area contributed by atoms with E-state index in [1.165, 1.54) is 6.66 Å². The molecule has 8 atom stereocenters. The van der Waals surface area contributed by atoms with Crippen LogP contribution >= 0.6 is 68.1 Å². The molecule has 0 saturated carbocycles. The Bertz CT molecular complexity index is 1210. The average molecular weight is 958 g/mol. The van der Waals surface area contributed by atoms with E-state index in [-0.39, 0.29) is 45.6 Å². The summed E-state index contributed by atoms with van der Waals surface area (Å²) in [5.74, 6) is 0. The Kier molecular flexibility index (Phi) is 43.5. The van der Waals surface area contributed by atoms with Crippen molar-refractivity contribution in [2.75, 3.05) is 46.5 Å². The Morgan fingerprint density at radius 1 is 0.704 bits per heavy atom. The first-order valence-corrected chi connectivity index (χ1v) is 26.7. The number of hydrogen-bond acceptors (Lipinski definition) is 12. The van der Waals surface area contributed by atoms with Crippen molar-refractivity contribution < 1.29 is 73.2 Å². The third-order valence-corrected chi connectivity index (χ3v) is 10.4. The second-order valence-corrected chi connectivity index (χ2v) is 22.4. The molecule has 4 unspecified atom stereocenters. The highest BCUT2D eigenvalue weighted by atomic mass is 35.7. The molecule has 336 valence electrons. The van der Waals surface area contributed by atoms with E-state index >= 15 is 0 Å². The summed E-state index contributed by atoms with van der Waals surface area (Å²) in [5, 5.41) is 0. The molecule has 13 nitrogen and oxygen atoms in total. The lowest BCUT2D eigenvalue weighted by Crippen LogP contribution is -2.24. The summed E-state index contributed by atoms with van der Waals surface area (Å²) in [7, 11) is -12.6. The zero-order valence-electron chi connectivity index (χ0n) is 37.4. The molecule has 0 aliphatic carbocycles. The van der Waals surface area contributed by atoms with Gasteiger partial charge in [-0.15, -0.1) is 13.4 Å². The number of nitrogens with zero attached hydrogens (tertiary/aromatic N) is 1. The highest BCUT2D eigenvalue weighted by Crippen LogP contribution is 2.53. The molecule has 0 N–H and O–H groups in total. The highest BCUT2D eigenvalue weighted by Gasteiger charge is 2.32. The van der Waals surface area contributed by atoms with Gasteiger partial charge in [0.15, 0.2) is 0 Å². The molecule has 0 aromatic heterocycles. The van der Waals surface area contributed by atoms with Gasteiger partial charge >= 0.3 is 37.7 Å². The van der Waals surface area contributed by atoms with Gasteiger partial charge < -0.3 is 9.05 Å². The van der Waals surface area contributed by atoms with Crippen molar-refractivity contribution in [2.24, 2.45) is 10.8 Å². The fraction of sp³-hybridized carbons (Fsp3) is 0.966. The van der Waals surface area contributed by atoms with Gasteiger partial charge in [0, 0.05) is 25.9 Å². The topological polar surface area (TPSA) is 154 Å². The maximum atomic E-state index is 12.5. The molecule has 0 aliphatic heterocycles. The van der Waals surface area contributed by atoms with Crippen LogP contribution in [0.15, 0.2) is 0 Å². The molecule has 0 fully saturated rings. The average Bonchev–Trinajstić information content (AvgIpc) is 2.92. The van der Waals surface area contributed by atoms with E-state index < -0.39 is 43.8 Å². The van der Waals surface area contributed by atoms with Crippen molar-refractivity contribution in [2.45, 2.75) is 128 Å². The normalized spacial score (nSPS) is 17.0. The smallest absolute Gasteiger partial charge is 0.303 e. The summed E-state index contributed by atoms with van der Waals surface area (Å²) in [6.45, 7) is 34.4. The Hall–Kier alpha value is 1.23. The summed E-state index contributed by atoms with van der Waals surface area (Å²) < 4.78 is 144. The molecule has 0 rings (SSSR count). The fourth-order valence-electron chi connectivity index (χ4n) is 2.07. The molecule has 0 saturated heterocycles. The minimum atomic E-state index is -4.25. The van der Waals surface area contributed by atoms with E-state index in [0.717, 1.165) is 13.3 Å². The Labute approximate surface area is 338 Å². The number of hydrogen-bond donors (Lipinski definition) is 0. The summed E-state index contributed by atoms with van der Waals surface area (Å²) in [6, 6.07) is 0. The van der Waals surface area contributed by atoms with E-state index in [9.17, 15) is 35.4 Å². The predicted octanol–water partition coefficient (Wildman–Crippen LogP) is 14.2. The molecule has 0 spiro atoms. The molecule has 0 aliphatic rings. The Balaban J connectivity index is -0.0000000832. The SMILES string of the molecule is CC(C)O[P@](C)(=O)F.CC(O[P@](C)(=O)F)C(C)(C)C.CCOP(=O)(Cl)OCC.CCO[P@](=O)(F)OC(C)C.P.[2H]CP.[2H]F.[C-]#[N+][P@@](C)(=O)OC(C)C(C)(C)C. The second kappa shape index (κ2) is 35.0. The summed E-state index contributed by atoms with van der Waals surface area (Å²) >= 11 is 5.25. The van der Waals surface area contributed by atoms with Gasteiger partial charge in [-0.1, -0.05) is 48.2 Å². The predicted molar refractivity (Wildman–Crippen MR) is 228 cm³/mol. The second-order valence-electron chi connectivity index (χ2n) is 13.0. The lowest BCUT2D eigenvalue weighted by Gasteiger charge is -2.27. The third kappa shape index (κ3) is 62.4. The monoisotopic (exact) mass is 957 g/mol. The van der Waals surface area contributed by atoms with Crippen molar-refractivity contribution in [3.8, 4) is 0 Å². The lowest BCUT2D eigenvalue weighted by molar-refractivity contribution is 0.0988. The molecule has 0 aromatic carbocycles. The molecular formula is C29H73ClF4NO12P7. The minimum Gasteiger partial charge on any atom is -0.303 e. The van der Waals surface area contributed by atoms with Crippen molar-refractivity contribution in [1.29, 1.82) is 1.45 Å². The van der Waals surface area contributed by atoms with Crippen LogP contribution in [0.3, 0.4) is 0 Å². The van der Waals surface area contributed by atoms with Crippen LogP contribution in [-0.2, 0) is 54.5 Å². The van der Waals surface area contributed by atoms with Crippen molar-refractivity contribution in [3.63, 3.8) is 0 Å². The quantitative estimate of drug-likeness (QED) is 0.0924. The molecular weight excluding hydrogens is 883 g/mol. The van der Waals surface area contributed by atoms with Gasteiger partial charge in [0.25, 0.3) is 1.45 Å². The van der Waals surface area contributed by atoms with Crippen molar-refractivity contribution in [3.05, 3.63) is 11.2 Å². The lowest BCUT2D eigenvalue weighted by atomic mass is 9.91. The molecule has 0 heterocycles. The van der Waals surface area contributed by atoms with Crippen LogP contribution in [-0.4, -0.2) is 72.3 Å². The first kappa shape index (κ1) is 67.0. The molecule has 0 bridgehead atoms. The van der Waals surface area contributed by atoms with Crippen LogP contribution in [0, 0.1) is 17.4 Å². The highest BCUT2D eigenvalue weighted by molar-refractivity contribution is 7.81. The van der Waals surface area contributed by atoms with Crippen LogP contribution < -0.4 is 0 Å². The van der Waals surface area contributed by atoms with Crippen LogP contribution in [0.1, 0.15) is 105 Å².